The summed E-state index contributed by atoms with van der Waals surface area (Å²) in [7, 11) is 0. The number of benzene rings is 1. The van der Waals surface area contributed by atoms with Gasteiger partial charge in [-0.15, -0.1) is 0 Å². The highest BCUT2D eigenvalue weighted by Gasteiger charge is 2.16. The van der Waals surface area contributed by atoms with Crippen LogP contribution in [0.2, 0.25) is 0 Å². The van der Waals surface area contributed by atoms with Gasteiger partial charge in [-0.25, -0.2) is 0 Å². The maximum atomic E-state index is 11.8. The Morgan fingerprint density at radius 2 is 2.29 bits per heavy atom. The van der Waals surface area contributed by atoms with Crippen LogP contribution in [-0.4, -0.2) is 18.2 Å². The van der Waals surface area contributed by atoms with Crippen molar-refractivity contribution in [1.29, 1.82) is 5.41 Å². The number of anilines is 2. The largest absolute Gasteiger partial charge is 0.384 e. The van der Waals surface area contributed by atoms with E-state index in [4.69, 9.17) is 5.41 Å². The second-order valence-corrected chi connectivity index (χ2v) is 4.44. The van der Waals surface area contributed by atoms with E-state index in [2.05, 4.69) is 10.6 Å². The van der Waals surface area contributed by atoms with E-state index in [-0.39, 0.29) is 11.8 Å². The van der Waals surface area contributed by atoms with Gasteiger partial charge in [-0.05, 0) is 44.0 Å². The number of fused-ring (bicyclic) bond motifs is 1. The summed E-state index contributed by atoms with van der Waals surface area (Å²) in [6.45, 7) is 4.35. The van der Waals surface area contributed by atoms with Crippen LogP contribution in [0.25, 0.3) is 0 Å². The molecule has 1 heterocycles. The number of carbonyl (C=O) groups excluding carboxylic acids is 1. The quantitative estimate of drug-likeness (QED) is 0.699. The number of rotatable bonds is 3. The second kappa shape index (κ2) is 4.57. The molecule has 0 aliphatic carbocycles. The Labute approximate surface area is 101 Å². The molecule has 0 radical (unpaired) electrons. The smallest absolute Gasteiger partial charge is 0.232 e. The van der Waals surface area contributed by atoms with Gasteiger partial charge < -0.3 is 16.0 Å². The van der Waals surface area contributed by atoms with E-state index in [1.54, 1.807) is 13.8 Å². The van der Waals surface area contributed by atoms with E-state index in [1.165, 1.54) is 5.56 Å². The van der Waals surface area contributed by atoms with Gasteiger partial charge in [0.15, 0.2) is 0 Å². The lowest BCUT2D eigenvalue weighted by molar-refractivity contribution is -0.117. The van der Waals surface area contributed by atoms with Gasteiger partial charge in [0.2, 0.25) is 5.91 Å². The first-order valence-electron chi connectivity index (χ1n) is 5.80. The van der Waals surface area contributed by atoms with Crippen molar-refractivity contribution < 1.29 is 4.79 Å². The second-order valence-electron chi connectivity index (χ2n) is 4.44. The lowest BCUT2D eigenvalue weighted by Crippen LogP contribution is -2.25. The van der Waals surface area contributed by atoms with E-state index in [1.807, 2.05) is 18.2 Å². The summed E-state index contributed by atoms with van der Waals surface area (Å²) in [6, 6.07) is 5.88. The Morgan fingerprint density at radius 3 is 3.00 bits per heavy atom. The average molecular weight is 231 g/mol. The molecule has 0 fully saturated rings. The van der Waals surface area contributed by atoms with Gasteiger partial charge in [0.05, 0.1) is 5.92 Å². The number of hydrogen-bond donors (Lipinski definition) is 3. The van der Waals surface area contributed by atoms with Crippen molar-refractivity contribution in [2.45, 2.75) is 20.3 Å². The third kappa shape index (κ3) is 2.46. The fraction of sp³-hybridized carbons (Fsp3) is 0.385. The van der Waals surface area contributed by atoms with Crippen molar-refractivity contribution in [3.63, 3.8) is 0 Å². The molecular weight excluding hydrogens is 214 g/mol. The van der Waals surface area contributed by atoms with Crippen LogP contribution in [0.4, 0.5) is 11.4 Å². The van der Waals surface area contributed by atoms with Crippen LogP contribution in [0, 0.1) is 11.3 Å². The zero-order valence-corrected chi connectivity index (χ0v) is 10.1. The van der Waals surface area contributed by atoms with E-state index in [0.717, 1.165) is 24.3 Å². The topological polar surface area (TPSA) is 65.0 Å². The zero-order chi connectivity index (χ0) is 12.4. The molecule has 0 bridgehead atoms. The highest BCUT2D eigenvalue weighted by atomic mass is 16.1. The van der Waals surface area contributed by atoms with Gasteiger partial charge in [0, 0.05) is 23.6 Å². The van der Waals surface area contributed by atoms with Gasteiger partial charge >= 0.3 is 0 Å². The molecular formula is C13H17N3O. The molecule has 1 aromatic rings. The molecule has 4 heteroatoms. The predicted octanol–water partition coefficient (Wildman–Crippen LogP) is 2.27. The van der Waals surface area contributed by atoms with Gasteiger partial charge in [-0.3, -0.25) is 4.79 Å². The molecule has 1 aliphatic rings. The Hall–Kier alpha value is -1.84. The fourth-order valence-electron chi connectivity index (χ4n) is 1.83. The Kier molecular flexibility index (Phi) is 3.13. The van der Waals surface area contributed by atoms with Crippen molar-refractivity contribution in [3.8, 4) is 0 Å². The highest BCUT2D eigenvalue weighted by Crippen LogP contribution is 2.25. The Morgan fingerprint density at radius 1 is 1.53 bits per heavy atom. The minimum Gasteiger partial charge on any atom is -0.384 e. The molecule has 1 aliphatic heterocycles. The molecule has 90 valence electrons. The first-order chi connectivity index (χ1) is 8.08. The average Bonchev–Trinajstić information content (AvgIpc) is 2.74. The number of nitrogens with one attached hydrogen (secondary N) is 3. The minimum atomic E-state index is -0.374. The molecule has 3 N–H and O–H groups in total. The maximum absolute atomic E-state index is 11.8. The van der Waals surface area contributed by atoms with Crippen LogP contribution < -0.4 is 10.6 Å². The minimum absolute atomic E-state index is 0.122. The molecule has 0 spiro atoms. The summed E-state index contributed by atoms with van der Waals surface area (Å²) in [4.78, 5) is 11.8. The lowest BCUT2D eigenvalue weighted by Gasteiger charge is -2.11. The van der Waals surface area contributed by atoms with Crippen LogP contribution >= 0.6 is 0 Å². The summed E-state index contributed by atoms with van der Waals surface area (Å²) in [5, 5.41) is 13.6. The molecule has 1 amide bonds. The van der Waals surface area contributed by atoms with Crippen LogP contribution in [0.15, 0.2) is 18.2 Å². The van der Waals surface area contributed by atoms with Crippen molar-refractivity contribution in [1.82, 2.24) is 0 Å². The third-order valence-electron chi connectivity index (χ3n) is 3.13. The highest BCUT2D eigenvalue weighted by molar-refractivity contribution is 6.07. The predicted molar refractivity (Wildman–Crippen MR) is 69.8 cm³/mol. The summed E-state index contributed by atoms with van der Waals surface area (Å²) >= 11 is 0. The van der Waals surface area contributed by atoms with Gasteiger partial charge in [0.25, 0.3) is 0 Å². The van der Waals surface area contributed by atoms with Crippen LogP contribution in [-0.2, 0) is 11.2 Å². The summed E-state index contributed by atoms with van der Waals surface area (Å²) < 4.78 is 0. The van der Waals surface area contributed by atoms with Gasteiger partial charge in [0.1, 0.15) is 0 Å². The van der Waals surface area contributed by atoms with Crippen LogP contribution in [0.1, 0.15) is 19.4 Å². The molecule has 1 unspecified atom stereocenters. The third-order valence-corrected chi connectivity index (χ3v) is 3.13. The van der Waals surface area contributed by atoms with E-state index >= 15 is 0 Å². The van der Waals surface area contributed by atoms with Crippen LogP contribution in [0.3, 0.4) is 0 Å². The number of amides is 1. The normalized spacial score (nSPS) is 14.7. The zero-order valence-electron chi connectivity index (χ0n) is 10.1. The first-order valence-corrected chi connectivity index (χ1v) is 5.80. The monoisotopic (exact) mass is 231 g/mol. The Balaban J connectivity index is 2.09. The summed E-state index contributed by atoms with van der Waals surface area (Å²) in [5.74, 6) is -0.496. The fourth-order valence-corrected chi connectivity index (χ4v) is 1.83. The maximum Gasteiger partial charge on any atom is 0.232 e. The van der Waals surface area contributed by atoms with Gasteiger partial charge in [-0.2, -0.15) is 0 Å². The number of hydrogen-bond acceptors (Lipinski definition) is 3. The molecule has 4 nitrogen and oxygen atoms in total. The first kappa shape index (κ1) is 11.6. The van der Waals surface area contributed by atoms with E-state index < -0.39 is 0 Å². The van der Waals surface area contributed by atoms with Gasteiger partial charge in [-0.1, -0.05) is 0 Å². The number of carbonyl (C=O) groups is 1. The standard InChI is InChI=1S/C13H17N3O/c1-8(9(2)14)13(17)16-11-3-4-12-10(7-11)5-6-15-12/h3-4,7-8,14-15H,5-6H2,1-2H3,(H,16,17). The summed E-state index contributed by atoms with van der Waals surface area (Å²) in [5.41, 5.74) is 3.58. The lowest BCUT2D eigenvalue weighted by atomic mass is 10.1. The van der Waals surface area contributed by atoms with Crippen molar-refractivity contribution in [2.75, 3.05) is 17.2 Å². The molecule has 17 heavy (non-hydrogen) atoms. The van der Waals surface area contributed by atoms with Crippen LogP contribution in [0.5, 0.6) is 0 Å². The molecule has 1 aromatic carbocycles. The summed E-state index contributed by atoms with van der Waals surface area (Å²) in [6.07, 6.45) is 0.998. The van der Waals surface area contributed by atoms with E-state index in [9.17, 15) is 4.79 Å². The van der Waals surface area contributed by atoms with Crippen molar-refractivity contribution in [2.24, 2.45) is 5.92 Å². The molecule has 0 saturated heterocycles. The van der Waals surface area contributed by atoms with Crippen molar-refractivity contribution in [3.05, 3.63) is 23.8 Å². The van der Waals surface area contributed by atoms with E-state index in [0.29, 0.717) is 5.71 Å². The molecule has 1 atom stereocenters. The SMILES string of the molecule is CC(=N)C(C)C(=O)Nc1ccc2c(c1)CCN2. The van der Waals surface area contributed by atoms with Crippen molar-refractivity contribution >= 4 is 23.0 Å². The molecule has 0 saturated carbocycles. The molecule has 2 rings (SSSR count). The molecule has 0 aromatic heterocycles. The Bertz CT molecular complexity index is 468.